The Morgan fingerprint density at radius 1 is 1.25 bits per heavy atom. The molecular formula is C14H21N5O. The van der Waals surface area contributed by atoms with E-state index in [1.807, 2.05) is 10.9 Å². The topological polar surface area (TPSA) is 56.1 Å². The minimum Gasteiger partial charge on any atom is -0.355 e. The van der Waals surface area contributed by atoms with Crippen LogP contribution < -0.4 is 4.90 Å². The van der Waals surface area contributed by atoms with Gasteiger partial charge < -0.3 is 9.64 Å². The van der Waals surface area contributed by atoms with E-state index in [1.54, 1.807) is 6.33 Å². The Hall–Kier alpha value is -1.69. The van der Waals surface area contributed by atoms with Crippen molar-refractivity contribution in [3.63, 3.8) is 0 Å². The lowest BCUT2D eigenvalue weighted by Gasteiger charge is -2.19. The van der Waals surface area contributed by atoms with E-state index in [9.17, 15) is 0 Å². The van der Waals surface area contributed by atoms with Crippen molar-refractivity contribution in [2.75, 3.05) is 18.0 Å². The van der Waals surface area contributed by atoms with E-state index in [1.165, 1.54) is 0 Å². The summed E-state index contributed by atoms with van der Waals surface area (Å²) in [6.07, 6.45) is 5.90. The Morgan fingerprint density at radius 2 is 2.05 bits per heavy atom. The van der Waals surface area contributed by atoms with Gasteiger partial charge in [0.2, 0.25) is 0 Å². The molecule has 2 aromatic heterocycles. The summed E-state index contributed by atoms with van der Waals surface area (Å²) in [5.74, 6) is 0.907. The maximum atomic E-state index is 5.92. The highest BCUT2D eigenvalue weighted by Gasteiger charge is 2.26. The van der Waals surface area contributed by atoms with Crippen LogP contribution in [0, 0.1) is 0 Å². The van der Waals surface area contributed by atoms with Crippen LogP contribution >= 0.6 is 0 Å². The van der Waals surface area contributed by atoms with Crippen molar-refractivity contribution in [1.82, 2.24) is 19.5 Å². The molecule has 0 radical (unpaired) electrons. The van der Waals surface area contributed by atoms with Crippen LogP contribution in [0.25, 0.3) is 11.2 Å². The average molecular weight is 275 g/mol. The first-order chi connectivity index (χ1) is 9.74. The van der Waals surface area contributed by atoms with Gasteiger partial charge in [0.15, 0.2) is 17.0 Å². The first-order valence-corrected chi connectivity index (χ1v) is 7.32. The fourth-order valence-electron chi connectivity index (χ4n) is 2.79. The van der Waals surface area contributed by atoms with Crippen molar-refractivity contribution in [2.45, 2.75) is 45.9 Å². The first-order valence-electron chi connectivity index (χ1n) is 7.32. The third-order valence-corrected chi connectivity index (χ3v) is 3.92. The molecule has 1 aliphatic heterocycles. The molecule has 0 aromatic carbocycles. The van der Waals surface area contributed by atoms with Crippen molar-refractivity contribution in [2.24, 2.45) is 0 Å². The molecule has 0 amide bonds. The van der Waals surface area contributed by atoms with Gasteiger partial charge in [-0.2, -0.15) is 0 Å². The molecule has 6 heteroatoms. The lowest BCUT2D eigenvalue weighted by molar-refractivity contribution is 0.0131. The maximum Gasteiger partial charge on any atom is 0.167 e. The van der Waals surface area contributed by atoms with Crippen molar-refractivity contribution in [3.05, 3.63) is 12.7 Å². The lowest BCUT2D eigenvalue weighted by atomic mass is 10.2. The predicted octanol–water partition coefficient (Wildman–Crippen LogP) is 2.37. The highest BCUT2D eigenvalue weighted by molar-refractivity contribution is 5.83. The largest absolute Gasteiger partial charge is 0.355 e. The van der Waals surface area contributed by atoms with Crippen LogP contribution in [-0.2, 0) is 4.74 Å². The molecule has 2 atom stereocenters. The molecule has 2 unspecified atom stereocenters. The second-order valence-corrected chi connectivity index (χ2v) is 5.17. The van der Waals surface area contributed by atoms with E-state index in [0.29, 0.717) is 6.10 Å². The molecule has 0 N–H and O–H groups in total. The summed E-state index contributed by atoms with van der Waals surface area (Å²) in [5.41, 5.74) is 1.72. The van der Waals surface area contributed by atoms with Gasteiger partial charge in [0.1, 0.15) is 12.6 Å². The van der Waals surface area contributed by atoms with Gasteiger partial charge in [-0.05, 0) is 33.6 Å². The number of nitrogens with zero attached hydrogens (tertiary/aromatic N) is 5. The fraction of sp³-hybridized carbons (Fsp3) is 0.643. The smallest absolute Gasteiger partial charge is 0.167 e. The molecule has 3 rings (SSSR count). The minimum atomic E-state index is 0.0504. The number of ether oxygens (including phenoxy) is 1. The molecule has 20 heavy (non-hydrogen) atoms. The Bertz CT molecular complexity index is 592. The van der Waals surface area contributed by atoms with Crippen LogP contribution in [-0.4, -0.2) is 38.7 Å². The van der Waals surface area contributed by atoms with E-state index in [-0.39, 0.29) is 6.23 Å². The highest BCUT2D eigenvalue weighted by atomic mass is 16.5. The van der Waals surface area contributed by atoms with Crippen LogP contribution in [0.1, 0.15) is 39.8 Å². The maximum absolute atomic E-state index is 5.92. The number of aromatic nitrogens is 4. The standard InChI is InChI=1S/C14H21N5O/c1-4-18(5-2)13-12-14(16-8-15-13)19(9-17-12)11-7-6-10(3)20-11/h8-11H,4-7H2,1-3H3. The van der Waals surface area contributed by atoms with E-state index in [2.05, 4.69) is 40.6 Å². The molecular weight excluding hydrogens is 254 g/mol. The van der Waals surface area contributed by atoms with Gasteiger partial charge in [0.05, 0.1) is 12.4 Å². The van der Waals surface area contributed by atoms with E-state index in [0.717, 1.165) is 42.9 Å². The zero-order valence-electron chi connectivity index (χ0n) is 12.3. The summed E-state index contributed by atoms with van der Waals surface area (Å²) in [6, 6.07) is 0. The quantitative estimate of drug-likeness (QED) is 0.857. The summed E-state index contributed by atoms with van der Waals surface area (Å²) in [5, 5.41) is 0. The molecule has 3 heterocycles. The Balaban J connectivity index is 2.03. The van der Waals surface area contributed by atoms with Crippen molar-refractivity contribution in [1.29, 1.82) is 0 Å². The van der Waals surface area contributed by atoms with Crippen LogP contribution in [0.4, 0.5) is 5.82 Å². The highest BCUT2D eigenvalue weighted by Crippen LogP contribution is 2.31. The van der Waals surface area contributed by atoms with E-state index in [4.69, 9.17) is 4.74 Å². The molecule has 6 nitrogen and oxygen atoms in total. The molecule has 1 aliphatic rings. The summed E-state index contributed by atoms with van der Waals surface area (Å²) in [4.78, 5) is 15.5. The fourth-order valence-corrected chi connectivity index (χ4v) is 2.79. The molecule has 0 bridgehead atoms. The van der Waals surface area contributed by atoms with Crippen LogP contribution in [0.15, 0.2) is 12.7 Å². The normalized spacial score (nSPS) is 22.6. The van der Waals surface area contributed by atoms with E-state index >= 15 is 0 Å². The first kappa shape index (κ1) is 13.3. The molecule has 1 fully saturated rings. The number of anilines is 1. The predicted molar refractivity (Wildman–Crippen MR) is 77.7 cm³/mol. The van der Waals surface area contributed by atoms with Gasteiger partial charge in [0, 0.05) is 13.1 Å². The number of rotatable bonds is 4. The van der Waals surface area contributed by atoms with Gasteiger partial charge in [0.25, 0.3) is 0 Å². The second kappa shape index (κ2) is 5.36. The van der Waals surface area contributed by atoms with Crippen molar-refractivity contribution >= 4 is 17.0 Å². The zero-order chi connectivity index (χ0) is 14.1. The summed E-state index contributed by atoms with van der Waals surface area (Å²) < 4.78 is 7.95. The lowest BCUT2D eigenvalue weighted by Crippen LogP contribution is -2.23. The SMILES string of the molecule is CCN(CC)c1ncnc2c1ncn2C1CCC(C)O1. The molecule has 0 aliphatic carbocycles. The number of fused-ring (bicyclic) bond motifs is 1. The Kier molecular flexibility index (Phi) is 3.56. The zero-order valence-corrected chi connectivity index (χ0v) is 12.3. The average Bonchev–Trinajstić information content (AvgIpc) is 3.06. The van der Waals surface area contributed by atoms with Gasteiger partial charge >= 0.3 is 0 Å². The third kappa shape index (κ3) is 2.14. The van der Waals surface area contributed by atoms with Crippen molar-refractivity contribution in [3.8, 4) is 0 Å². The Labute approximate surface area is 118 Å². The summed E-state index contributed by atoms with van der Waals surface area (Å²) >= 11 is 0. The molecule has 108 valence electrons. The second-order valence-electron chi connectivity index (χ2n) is 5.17. The number of imidazole rings is 1. The number of hydrogen-bond acceptors (Lipinski definition) is 5. The number of hydrogen-bond donors (Lipinski definition) is 0. The van der Waals surface area contributed by atoms with Gasteiger partial charge in [-0.15, -0.1) is 0 Å². The van der Waals surface area contributed by atoms with Crippen LogP contribution in [0.3, 0.4) is 0 Å². The van der Waals surface area contributed by atoms with Gasteiger partial charge in [-0.25, -0.2) is 15.0 Å². The monoisotopic (exact) mass is 275 g/mol. The van der Waals surface area contributed by atoms with Gasteiger partial charge in [-0.1, -0.05) is 0 Å². The summed E-state index contributed by atoms with van der Waals surface area (Å²) in [7, 11) is 0. The molecule has 1 saturated heterocycles. The molecule has 0 spiro atoms. The third-order valence-electron chi connectivity index (χ3n) is 3.92. The van der Waals surface area contributed by atoms with Gasteiger partial charge in [-0.3, -0.25) is 4.57 Å². The van der Waals surface area contributed by atoms with Crippen molar-refractivity contribution < 1.29 is 4.74 Å². The van der Waals surface area contributed by atoms with Crippen LogP contribution in [0.2, 0.25) is 0 Å². The Morgan fingerprint density at radius 3 is 2.70 bits per heavy atom. The summed E-state index contributed by atoms with van der Waals surface area (Å²) in [6.45, 7) is 8.17. The molecule has 0 saturated carbocycles. The minimum absolute atomic E-state index is 0.0504. The van der Waals surface area contributed by atoms with Crippen LogP contribution in [0.5, 0.6) is 0 Å². The molecule has 2 aromatic rings. The van der Waals surface area contributed by atoms with E-state index < -0.39 is 0 Å².